The number of benzene rings is 1. The molecule has 1 aliphatic rings. The van der Waals surface area contributed by atoms with Gasteiger partial charge in [0, 0.05) is 5.56 Å². The van der Waals surface area contributed by atoms with Crippen molar-refractivity contribution in [3.05, 3.63) is 35.4 Å². The first-order valence-electron chi connectivity index (χ1n) is 7.78. The van der Waals surface area contributed by atoms with Gasteiger partial charge < -0.3 is 10.2 Å². The first-order chi connectivity index (χ1) is 9.75. The van der Waals surface area contributed by atoms with E-state index in [2.05, 4.69) is 10.2 Å². The van der Waals surface area contributed by atoms with E-state index in [0.717, 1.165) is 18.5 Å². The van der Waals surface area contributed by atoms with E-state index >= 15 is 0 Å². The molecule has 0 atom stereocenters. The minimum Gasteiger partial charge on any atom is -0.310 e. The first-order valence-corrected chi connectivity index (χ1v) is 7.78. The molecule has 1 aliphatic heterocycles. The maximum atomic E-state index is 11.9. The maximum Gasteiger partial charge on any atom is 0.176 e. The average molecular weight is 274 g/mol. The van der Waals surface area contributed by atoms with E-state index in [4.69, 9.17) is 0 Å². The Balaban J connectivity index is 1.54. The summed E-state index contributed by atoms with van der Waals surface area (Å²) in [5.74, 6) is 0.185. The van der Waals surface area contributed by atoms with Crippen molar-refractivity contribution in [2.75, 3.05) is 32.7 Å². The third kappa shape index (κ3) is 5.06. The van der Waals surface area contributed by atoms with Crippen molar-refractivity contribution >= 4 is 5.78 Å². The lowest BCUT2D eigenvalue weighted by Gasteiger charge is -2.13. The number of Topliss-reactive ketones (excluding diaryl/α,β-unsaturated/α-hetero) is 1. The Morgan fingerprint density at radius 2 is 1.85 bits per heavy atom. The van der Waals surface area contributed by atoms with Crippen molar-refractivity contribution in [3.63, 3.8) is 0 Å². The molecular weight excluding hydrogens is 248 g/mol. The molecule has 1 fully saturated rings. The van der Waals surface area contributed by atoms with Gasteiger partial charge in [-0.05, 0) is 58.8 Å². The van der Waals surface area contributed by atoms with Gasteiger partial charge in [-0.25, -0.2) is 0 Å². The number of rotatable bonds is 8. The Morgan fingerprint density at radius 1 is 1.15 bits per heavy atom. The van der Waals surface area contributed by atoms with Gasteiger partial charge in [-0.1, -0.05) is 29.8 Å². The van der Waals surface area contributed by atoms with Crippen molar-refractivity contribution in [2.24, 2.45) is 0 Å². The zero-order valence-electron chi connectivity index (χ0n) is 12.5. The number of ketones is 1. The number of carbonyl (C=O) groups is 1. The number of nitrogens with zero attached hydrogens (tertiary/aromatic N) is 1. The SMILES string of the molecule is Cc1ccc(C(=O)CNCCCCN2CCCC2)cc1. The molecule has 1 saturated heterocycles. The van der Waals surface area contributed by atoms with Gasteiger partial charge in [0.2, 0.25) is 0 Å². The highest BCUT2D eigenvalue weighted by molar-refractivity contribution is 5.97. The fourth-order valence-electron chi connectivity index (χ4n) is 2.64. The summed E-state index contributed by atoms with van der Waals surface area (Å²) in [6, 6.07) is 7.80. The quantitative estimate of drug-likeness (QED) is 0.584. The molecule has 1 aromatic rings. The van der Waals surface area contributed by atoms with E-state index < -0.39 is 0 Å². The number of unbranched alkanes of at least 4 members (excludes halogenated alkanes) is 1. The van der Waals surface area contributed by atoms with Crippen molar-refractivity contribution in [3.8, 4) is 0 Å². The van der Waals surface area contributed by atoms with Crippen molar-refractivity contribution < 1.29 is 4.79 Å². The van der Waals surface area contributed by atoms with Crippen LogP contribution in [0.1, 0.15) is 41.6 Å². The molecule has 0 aliphatic carbocycles. The summed E-state index contributed by atoms with van der Waals surface area (Å²) in [6.45, 7) is 7.19. The lowest BCUT2D eigenvalue weighted by atomic mass is 10.1. The van der Waals surface area contributed by atoms with Crippen LogP contribution in [-0.4, -0.2) is 43.4 Å². The molecule has 0 radical (unpaired) electrons. The second-order valence-electron chi connectivity index (χ2n) is 5.72. The van der Waals surface area contributed by atoms with Crippen LogP contribution in [0.15, 0.2) is 24.3 Å². The second kappa shape index (κ2) is 8.18. The molecule has 2 rings (SSSR count). The highest BCUT2D eigenvalue weighted by atomic mass is 16.1. The summed E-state index contributed by atoms with van der Waals surface area (Å²) >= 11 is 0. The second-order valence-corrected chi connectivity index (χ2v) is 5.72. The zero-order chi connectivity index (χ0) is 14.2. The summed E-state index contributed by atoms with van der Waals surface area (Å²) < 4.78 is 0. The van der Waals surface area contributed by atoms with Crippen LogP contribution < -0.4 is 5.32 Å². The Morgan fingerprint density at radius 3 is 2.55 bits per heavy atom. The third-order valence-electron chi connectivity index (χ3n) is 3.94. The van der Waals surface area contributed by atoms with Gasteiger partial charge in [0.25, 0.3) is 0 Å². The predicted molar refractivity (Wildman–Crippen MR) is 83.3 cm³/mol. The Kier molecular flexibility index (Phi) is 6.22. The summed E-state index contributed by atoms with van der Waals surface area (Å²) in [7, 11) is 0. The molecule has 0 amide bonds. The summed E-state index contributed by atoms with van der Waals surface area (Å²) in [5.41, 5.74) is 2.00. The van der Waals surface area contributed by atoms with E-state index in [-0.39, 0.29) is 5.78 Å². The molecule has 0 aromatic heterocycles. The van der Waals surface area contributed by atoms with Gasteiger partial charge >= 0.3 is 0 Å². The molecule has 1 aromatic carbocycles. The van der Waals surface area contributed by atoms with Crippen LogP contribution in [0.2, 0.25) is 0 Å². The zero-order valence-corrected chi connectivity index (χ0v) is 12.5. The molecule has 0 saturated carbocycles. The molecule has 110 valence electrons. The number of hydrogen-bond donors (Lipinski definition) is 1. The number of aryl methyl sites for hydroxylation is 1. The van der Waals surface area contributed by atoms with Crippen LogP contribution in [0, 0.1) is 6.92 Å². The largest absolute Gasteiger partial charge is 0.310 e. The van der Waals surface area contributed by atoms with Crippen LogP contribution in [0.3, 0.4) is 0 Å². The Hall–Kier alpha value is -1.19. The first kappa shape index (κ1) is 15.2. The summed E-state index contributed by atoms with van der Waals surface area (Å²) in [5, 5.41) is 3.26. The molecule has 20 heavy (non-hydrogen) atoms. The highest BCUT2D eigenvalue weighted by Crippen LogP contribution is 2.08. The molecule has 1 N–H and O–H groups in total. The van der Waals surface area contributed by atoms with E-state index in [1.165, 1.54) is 44.5 Å². The van der Waals surface area contributed by atoms with E-state index in [1.54, 1.807) is 0 Å². The molecule has 3 heteroatoms. The summed E-state index contributed by atoms with van der Waals surface area (Å²) in [6.07, 6.45) is 5.11. The smallest absolute Gasteiger partial charge is 0.176 e. The van der Waals surface area contributed by atoms with Crippen LogP contribution in [0.5, 0.6) is 0 Å². The van der Waals surface area contributed by atoms with Crippen molar-refractivity contribution in [1.82, 2.24) is 10.2 Å². The molecule has 0 spiro atoms. The van der Waals surface area contributed by atoms with Gasteiger partial charge in [0.05, 0.1) is 6.54 Å². The molecule has 0 bridgehead atoms. The third-order valence-corrected chi connectivity index (χ3v) is 3.94. The molecule has 0 unspecified atom stereocenters. The van der Waals surface area contributed by atoms with Crippen molar-refractivity contribution in [2.45, 2.75) is 32.6 Å². The number of carbonyl (C=O) groups excluding carboxylic acids is 1. The van der Waals surface area contributed by atoms with Gasteiger partial charge in [-0.2, -0.15) is 0 Å². The highest BCUT2D eigenvalue weighted by Gasteiger charge is 2.10. The normalized spacial score (nSPS) is 15.7. The van der Waals surface area contributed by atoms with Gasteiger partial charge in [0.15, 0.2) is 5.78 Å². The minimum absolute atomic E-state index is 0.185. The molecule has 3 nitrogen and oxygen atoms in total. The minimum atomic E-state index is 0.185. The topological polar surface area (TPSA) is 32.3 Å². The van der Waals surface area contributed by atoms with Gasteiger partial charge in [-0.3, -0.25) is 4.79 Å². The molecule has 1 heterocycles. The van der Waals surface area contributed by atoms with Crippen LogP contribution in [-0.2, 0) is 0 Å². The van der Waals surface area contributed by atoms with Crippen LogP contribution in [0.4, 0.5) is 0 Å². The van der Waals surface area contributed by atoms with Gasteiger partial charge in [0.1, 0.15) is 0 Å². The fourth-order valence-corrected chi connectivity index (χ4v) is 2.64. The summed E-state index contributed by atoms with van der Waals surface area (Å²) in [4.78, 5) is 14.5. The van der Waals surface area contributed by atoms with Crippen molar-refractivity contribution in [1.29, 1.82) is 0 Å². The predicted octanol–water partition coefficient (Wildman–Crippen LogP) is 2.64. The molecular formula is C17H26N2O. The lowest BCUT2D eigenvalue weighted by molar-refractivity contribution is 0.0991. The van der Waals surface area contributed by atoms with Gasteiger partial charge in [-0.15, -0.1) is 0 Å². The maximum absolute atomic E-state index is 11.9. The number of nitrogens with one attached hydrogen (secondary N) is 1. The Bertz CT molecular complexity index is 408. The monoisotopic (exact) mass is 274 g/mol. The van der Waals surface area contributed by atoms with Crippen LogP contribution >= 0.6 is 0 Å². The number of likely N-dealkylation sites (tertiary alicyclic amines) is 1. The van der Waals surface area contributed by atoms with E-state index in [0.29, 0.717) is 6.54 Å². The van der Waals surface area contributed by atoms with E-state index in [9.17, 15) is 4.79 Å². The van der Waals surface area contributed by atoms with E-state index in [1.807, 2.05) is 31.2 Å². The fraction of sp³-hybridized carbons (Fsp3) is 0.588. The lowest BCUT2D eigenvalue weighted by Crippen LogP contribution is -2.25. The number of hydrogen-bond acceptors (Lipinski definition) is 3. The Labute approximate surface area is 122 Å². The van der Waals surface area contributed by atoms with Crippen LogP contribution in [0.25, 0.3) is 0 Å². The average Bonchev–Trinajstić information content (AvgIpc) is 2.96. The standard InChI is InChI=1S/C17H26N2O/c1-15-6-8-16(9-7-15)17(20)14-18-10-2-3-11-19-12-4-5-13-19/h6-9,18H,2-5,10-14H2,1H3.